The van der Waals surface area contributed by atoms with Gasteiger partial charge in [0.15, 0.2) is 5.69 Å². The highest BCUT2D eigenvalue weighted by Gasteiger charge is 2.35. The van der Waals surface area contributed by atoms with Crippen molar-refractivity contribution >= 4 is 17.5 Å². The van der Waals surface area contributed by atoms with E-state index in [1.165, 1.54) is 6.07 Å². The summed E-state index contributed by atoms with van der Waals surface area (Å²) in [7, 11) is 1.07. The Morgan fingerprint density at radius 2 is 1.75 bits per heavy atom. The zero-order chi connectivity index (χ0) is 20.9. The fourth-order valence-corrected chi connectivity index (χ4v) is 2.17. The first-order valence-electron chi connectivity index (χ1n) is 7.88. The lowest BCUT2D eigenvalue weighted by atomic mass is 10.1. The van der Waals surface area contributed by atoms with Crippen LogP contribution in [0.5, 0.6) is 5.75 Å². The summed E-state index contributed by atoms with van der Waals surface area (Å²) in [6.07, 6.45) is -9.26. The van der Waals surface area contributed by atoms with Gasteiger partial charge in [0.05, 0.1) is 12.7 Å². The minimum atomic E-state index is -4.79. The Balaban J connectivity index is 2.38. The van der Waals surface area contributed by atoms with Crippen LogP contribution in [-0.2, 0) is 12.4 Å². The monoisotopic (exact) mass is 410 g/mol. The number of nitrogens with zero attached hydrogens (tertiary/aromatic N) is 2. The molecule has 3 N–H and O–H groups in total. The van der Waals surface area contributed by atoms with Crippen molar-refractivity contribution in [3.63, 3.8) is 0 Å². The third kappa shape index (κ3) is 5.62. The molecule has 0 saturated heterocycles. The Morgan fingerprint density at radius 3 is 2.32 bits per heavy atom. The maximum atomic E-state index is 13.1. The summed E-state index contributed by atoms with van der Waals surface area (Å²) < 4.78 is 83.1. The fraction of sp³-hybridized carbons (Fsp3) is 0.375. The van der Waals surface area contributed by atoms with E-state index in [9.17, 15) is 26.3 Å². The molecule has 0 radical (unpaired) electrons. The Hall–Kier alpha value is -2.76. The van der Waals surface area contributed by atoms with E-state index in [4.69, 9.17) is 5.11 Å². The van der Waals surface area contributed by atoms with Gasteiger partial charge >= 0.3 is 12.4 Å². The number of benzene rings is 1. The molecule has 12 heteroatoms. The second-order valence-corrected chi connectivity index (χ2v) is 5.50. The molecule has 6 nitrogen and oxygen atoms in total. The van der Waals surface area contributed by atoms with Crippen LogP contribution in [0.4, 0.5) is 43.8 Å². The van der Waals surface area contributed by atoms with Crippen molar-refractivity contribution in [1.82, 2.24) is 9.97 Å². The zero-order valence-electron chi connectivity index (χ0n) is 14.4. The highest BCUT2D eigenvalue weighted by Crippen LogP contribution is 2.38. The van der Waals surface area contributed by atoms with Gasteiger partial charge in [-0.2, -0.15) is 31.3 Å². The van der Waals surface area contributed by atoms with Crippen molar-refractivity contribution in [3.8, 4) is 5.75 Å². The number of aliphatic hydroxyl groups is 1. The van der Waals surface area contributed by atoms with E-state index in [1.54, 1.807) is 0 Å². The van der Waals surface area contributed by atoms with Crippen molar-refractivity contribution in [1.29, 1.82) is 0 Å². The standard InChI is InChI=1S/C16H16F6N4O2/c1-28-11-4-3-9(7-10(11)15(17,18)19)24-13-8-12(16(20,21)22)25-14(26-13)23-5-2-6-27/h3-4,7-8,27H,2,5-6H2,1H3,(H2,23,24,25,26). The average molecular weight is 410 g/mol. The first kappa shape index (κ1) is 21.5. The Morgan fingerprint density at radius 1 is 1.04 bits per heavy atom. The largest absolute Gasteiger partial charge is 0.496 e. The maximum absolute atomic E-state index is 13.1. The third-order valence-corrected chi connectivity index (χ3v) is 3.41. The molecule has 0 aliphatic heterocycles. The second kappa shape index (κ2) is 8.50. The van der Waals surface area contributed by atoms with Gasteiger partial charge < -0.3 is 20.5 Å². The molecule has 0 atom stereocenters. The van der Waals surface area contributed by atoms with Crippen LogP contribution in [-0.4, -0.2) is 35.3 Å². The van der Waals surface area contributed by atoms with Crippen LogP contribution in [0.2, 0.25) is 0 Å². The number of aliphatic hydroxyl groups excluding tert-OH is 1. The van der Waals surface area contributed by atoms with Crippen molar-refractivity contribution < 1.29 is 36.2 Å². The van der Waals surface area contributed by atoms with E-state index in [0.717, 1.165) is 13.2 Å². The number of methoxy groups -OCH3 is 1. The molecule has 1 aromatic heterocycles. The lowest BCUT2D eigenvalue weighted by molar-refractivity contribution is -0.141. The van der Waals surface area contributed by atoms with Crippen LogP contribution in [0.3, 0.4) is 0 Å². The van der Waals surface area contributed by atoms with Gasteiger partial charge in [-0.3, -0.25) is 0 Å². The average Bonchev–Trinajstić information content (AvgIpc) is 2.60. The normalized spacial score (nSPS) is 12.0. The minimum Gasteiger partial charge on any atom is -0.496 e. The molecule has 0 aliphatic carbocycles. The highest BCUT2D eigenvalue weighted by atomic mass is 19.4. The van der Waals surface area contributed by atoms with Crippen molar-refractivity contribution in [2.75, 3.05) is 30.9 Å². The Bertz CT molecular complexity index is 811. The van der Waals surface area contributed by atoms with E-state index in [1.807, 2.05) is 0 Å². The first-order chi connectivity index (χ1) is 13.0. The lowest BCUT2D eigenvalue weighted by Crippen LogP contribution is -2.14. The van der Waals surface area contributed by atoms with Crippen molar-refractivity contribution in [3.05, 3.63) is 35.5 Å². The summed E-state index contributed by atoms with van der Waals surface area (Å²) in [4.78, 5) is 7.15. The van der Waals surface area contributed by atoms with Gasteiger partial charge in [0.2, 0.25) is 5.95 Å². The predicted octanol–water partition coefficient (Wildman–Crippen LogP) is 4.06. The molecular weight excluding hydrogens is 394 g/mol. The number of aromatic nitrogens is 2. The summed E-state index contributed by atoms with van der Waals surface area (Å²) in [6.45, 7) is -0.0822. The molecule has 154 valence electrons. The molecule has 1 heterocycles. The lowest BCUT2D eigenvalue weighted by Gasteiger charge is -2.15. The summed E-state index contributed by atoms with van der Waals surface area (Å²) in [5, 5.41) is 13.7. The van der Waals surface area contributed by atoms with Crippen LogP contribution in [0.25, 0.3) is 0 Å². The van der Waals surface area contributed by atoms with Gasteiger partial charge in [-0.25, -0.2) is 4.98 Å². The Kier molecular flexibility index (Phi) is 6.54. The Labute approximate surface area is 155 Å². The van der Waals surface area contributed by atoms with Crippen molar-refractivity contribution in [2.24, 2.45) is 0 Å². The maximum Gasteiger partial charge on any atom is 0.433 e. The number of anilines is 3. The number of hydrogen-bond acceptors (Lipinski definition) is 6. The van der Waals surface area contributed by atoms with E-state index in [-0.39, 0.29) is 37.0 Å². The van der Waals surface area contributed by atoms with Gasteiger partial charge in [-0.15, -0.1) is 0 Å². The predicted molar refractivity (Wildman–Crippen MR) is 88.5 cm³/mol. The molecule has 0 unspecified atom stereocenters. The van der Waals surface area contributed by atoms with E-state index >= 15 is 0 Å². The fourth-order valence-electron chi connectivity index (χ4n) is 2.17. The highest BCUT2D eigenvalue weighted by molar-refractivity contribution is 5.61. The van der Waals surface area contributed by atoms with Gasteiger partial charge in [0, 0.05) is 24.9 Å². The first-order valence-corrected chi connectivity index (χ1v) is 7.88. The van der Waals surface area contributed by atoms with Crippen LogP contribution >= 0.6 is 0 Å². The smallest absolute Gasteiger partial charge is 0.433 e. The number of alkyl halides is 6. The summed E-state index contributed by atoms with van der Waals surface area (Å²) >= 11 is 0. The van der Waals surface area contributed by atoms with Gasteiger partial charge in [0.1, 0.15) is 11.6 Å². The van der Waals surface area contributed by atoms with Gasteiger partial charge in [-0.1, -0.05) is 0 Å². The minimum absolute atomic E-state index is 0.109. The van der Waals surface area contributed by atoms with Crippen LogP contribution in [0, 0.1) is 0 Å². The number of hydrogen-bond donors (Lipinski definition) is 3. The molecule has 2 rings (SSSR count). The van der Waals surface area contributed by atoms with Crippen LogP contribution < -0.4 is 15.4 Å². The SMILES string of the molecule is COc1ccc(Nc2cc(C(F)(F)F)nc(NCCCO)n2)cc1C(F)(F)F. The number of ether oxygens (including phenoxy) is 1. The number of rotatable bonds is 7. The van der Waals surface area contributed by atoms with Crippen LogP contribution in [0.1, 0.15) is 17.7 Å². The number of halogens is 6. The van der Waals surface area contributed by atoms with Crippen LogP contribution in [0.15, 0.2) is 24.3 Å². The van der Waals surface area contributed by atoms with E-state index < -0.39 is 29.4 Å². The molecule has 0 spiro atoms. The molecule has 2 aromatic rings. The summed E-state index contributed by atoms with van der Waals surface area (Å²) in [5.41, 5.74) is -2.51. The molecule has 0 amide bonds. The summed E-state index contributed by atoms with van der Waals surface area (Å²) in [5.74, 6) is -1.16. The molecule has 0 fully saturated rings. The topological polar surface area (TPSA) is 79.3 Å². The third-order valence-electron chi connectivity index (χ3n) is 3.41. The van der Waals surface area contributed by atoms with E-state index in [0.29, 0.717) is 12.1 Å². The summed E-state index contributed by atoms with van der Waals surface area (Å²) in [6, 6.07) is 3.53. The zero-order valence-corrected chi connectivity index (χ0v) is 14.4. The molecule has 28 heavy (non-hydrogen) atoms. The molecule has 0 bridgehead atoms. The second-order valence-electron chi connectivity index (χ2n) is 5.50. The molecular formula is C16H16F6N4O2. The molecule has 0 saturated carbocycles. The van der Waals surface area contributed by atoms with E-state index in [2.05, 4.69) is 25.3 Å². The number of nitrogens with one attached hydrogen (secondary N) is 2. The van der Waals surface area contributed by atoms with Gasteiger partial charge in [-0.05, 0) is 24.6 Å². The van der Waals surface area contributed by atoms with Crippen molar-refractivity contribution in [2.45, 2.75) is 18.8 Å². The molecule has 0 aliphatic rings. The van der Waals surface area contributed by atoms with Gasteiger partial charge in [0.25, 0.3) is 0 Å². The quantitative estimate of drug-likeness (QED) is 0.472. The molecule has 1 aromatic carbocycles.